The Bertz CT molecular complexity index is 1780. The summed E-state index contributed by atoms with van der Waals surface area (Å²) in [5.74, 6) is -2.06. The van der Waals surface area contributed by atoms with Crippen LogP contribution in [0.1, 0.15) is 34.8 Å². The van der Waals surface area contributed by atoms with E-state index in [1.54, 1.807) is 41.3 Å². The largest absolute Gasteiger partial charge is 0.480 e. The molecule has 45 heavy (non-hydrogen) atoms. The van der Waals surface area contributed by atoms with Gasteiger partial charge in [-0.2, -0.15) is 0 Å². The molecule has 0 saturated carbocycles. The average Bonchev–Trinajstić information content (AvgIpc) is 3.07. The fourth-order valence-corrected chi connectivity index (χ4v) is 6.12. The number of H-pyrrole nitrogens is 1. The Morgan fingerprint density at radius 1 is 0.867 bits per heavy atom. The number of aromatic nitrogens is 2. The highest BCUT2D eigenvalue weighted by Crippen LogP contribution is 2.30. The number of halogens is 1. The zero-order chi connectivity index (χ0) is 31.5. The molecule has 2 fully saturated rings. The van der Waals surface area contributed by atoms with Crippen molar-refractivity contribution in [1.82, 2.24) is 24.9 Å². The highest BCUT2D eigenvalue weighted by molar-refractivity contribution is 5.95. The molecule has 4 aromatic rings. The number of nitrogens with zero attached hydrogens (tertiary/aromatic N) is 4. The summed E-state index contributed by atoms with van der Waals surface area (Å²) in [6.07, 6.45) is 1.10. The van der Waals surface area contributed by atoms with Gasteiger partial charge in [-0.3, -0.25) is 24.1 Å². The summed E-state index contributed by atoms with van der Waals surface area (Å²) in [6, 6.07) is 19.0. The van der Waals surface area contributed by atoms with Crippen molar-refractivity contribution < 1.29 is 28.6 Å². The van der Waals surface area contributed by atoms with E-state index in [2.05, 4.69) is 10.2 Å². The third kappa shape index (κ3) is 6.27. The van der Waals surface area contributed by atoms with Gasteiger partial charge >= 0.3 is 5.97 Å². The van der Waals surface area contributed by atoms with E-state index in [-0.39, 0.29) is 47.7 Å². The molecule has 2 aliphatic heterocycles. The van der Waals surface area contributed by atoms with Gasteiger partial charge < -0.3 is 19.6 Å². The third-order valence-electron chi connectivity index (χ3n) is 8.52. The fraction of sp³-hybridized carbons (Fsp3) is 0.303. The van der Waals surface area contributed by atoms with Crippen LogP contribution >= 0.6 is 0 Å². The van der Waals surface area contributed by atoms with Crippen LogP contribution in [0.5, 0.6) is 11.6 Å². The fourth-order valence-electron chi connectivity index (χ4n) is 6.12. The van der Waals surface area contributed by atoms with Crippen molar-refractivity contribution in [3.63, 3.8) is 0 Å². The number of hydrogen-bond acceptors (Lipinski definition) is 7. The van der Waals surface area contributed by atoms with Crippen molar-refractivity contribution >= 4 is 28.6 Å². The van der Waals surface area contributed by atoms with Gasteiger partial charge in [0, 0.05) is 45.2 Å². The molecule has 1 atom stereocenters. The summed E-state index contributed by atoms with van der Waals surface area (Å²) in [4.78, 5) is 56.0. The number of nitrogens with one attached hydrogen (secondary N) is 1. The van der Waals surface area contributed by atoms with Crippen molar-refractivity contribution in [2.75, 3.05) is 39.3 Å². The number of aromatic amines is 1. The van der Waals surface area contributed by atoms with E-state index < -0.39 is 23.7 Å². The van der Waals surface area contributed by atoms with E-state index in [0.29, 0.717) is 55.4 Å². The monoisotopic (exact) mass is 613 g/mol. The van der Waals surface area contributed by atoms with Crippen LogP contribution in [0.25, 0.3) is 10.8 Å². The van der Waals surface area contributed by atoms with Crippen molar-refractivity contribution in [3.05, 3.63) is 100 Å². The van der Waals surface area contributed by atoms with Crippen LogP contribution in [-0.4, -0.2) is 87.1 Å². The van der Waals surface area contributed by atoms with Crippen molar-refractivity contribution in [2.45, 2.75) is 18.9 Å². The maximum absolute atomic E-state index is 14.8. The van der Waals surface area contributed by atoms with E-state index in [1.807, 2.05) is 23.1 Å². The van der Waals surface area contributed by atoms with Crippen LogP contribution < -0.4 is 10.3 Å². The summed E-state index contributed by atoms with van der Waals surface area (Å²) >= 11 is 0. The molecule has 12 heteroatoms. The van der Waals surface area contributed by atoms with E-state index in [0.717, 1.165) is 6.07 Å². The Morgan fingerprint density at radius 2 is 1.51 bits per heavy atom. The minimum Gasteiger partial charge on any atom is -0.480 e. The first-order valence-electron chi connectivity index (χ1n) is 14.8. The quantitative estimate of drug-likeness (QED) is 0.322. The molecule has 1 unspecified atom stereocenters. The second kappa shape index (κ2) is 12.9. The third-order valence-corrected chi connectivity index (χ3v) is 8.52. The Balaban J connectivity index is 1.06. The summed E-state index contributed by atoms with van der Waals surface area (Å²) in [6.45, 7) is 2.10. The molecular formula is C33H32FN5O6. The second-order valence-electron chi connectivity index (χ2n) is 11.2. The van der Waals surface area contributed by atoms with E-state index in [4.69, 9.17) is 4.74 Å². The number of aliphatic carboxylic acids is 1. The number of hydrogen-bond donors (Lipinski definition) is 2. The smallest absolute Gasteiger partial charge is 0.325 e. The Morgan fingerprint density at radius 3 is 2.20 bits per heavy atom. The molecule has 6 rings (SSSR count). The molecule has 11 nitrogen and oxygen atoms in total. The van der Waals surface area contributed by atoms with Gasteiger partial charge in [0.2, 0.25) is 11.8 Å². The van der Waals surface area contributed by atoms with Crippen LogP contribution in [0, 0.1) is 11.7 Å². The highest BCUT2D eigenvalue weighted by atomic mass is 19.1. The van der Waals surface area contributed by atoms with Gasteiger partial charge in [0.05, 0.1) is 16.3 Å². The SMILES string of the molecule is O=C(O)C(c1ccccc1)N1CCC(C(=O)N2CCN(C(=O)c3cc(Oc4n[nH]c(=O)c5ccccc45)ccc3F)CC2)CC1. The maximum Gasteiger partial charge on any atom is 0.325 e. The minimum absolute atomic E-state index is 0.00413. The first kappa shape index (κ1) is 29.9. The van der Waals surface area contributed by atoms with Gasteiger partial charge in [-0.15, -0.1) is 5.10 Å². The number of carbonyl (C=O) groups is 3. The number of piperazine rings is 1. The van der Waals surface area contributed by atoms with Gasteiger partial charge in [0.15, 0.2) is 0 Å². The lowest BCUT2D eigenvalue weighted by atomic mass is 9.92. The van der Waals surface area contributed by atoms with Gasteiger partial charge in [-0.05, 0) is 48.7 Å². The zero-order valence-corrected chi connectivity index (χ0v) is 24.4. The number of ether oxygens (including phenoxy) is 1. The van der Waals surface area contributed by atoms with Crippen molar-refractivity contribution in [2.24, 2.45) is 5.92 Å². The Hall–Kier alpha value is -5.10. The Kier molecular flexibility index (Phi) is 8.56. The molecule has 2 N–H and O–H groups in total. The molecule has 3 aromatic carbocycles. The normalized spacial score (nSPS) is 16.8. The molecule has 0 spiro atoms. The molecule has 0 aliphatic carbocycles. The summed E-state index contributed by atoms with van der Waals surface area (Å²) < 4.78 is 20.7. The second-order valence-corrected chi connectivity index (χ2v) is 11.2. The number of carboxylic acids is 1. The van der Waals surface area contributed by atoms with Gasteiger partial charge in [0.25, 0.3) is 11.5 Å². The number of benzene rings is 3. The van der Waals surface area contributed by atoms with Crippen LogP contribution in [0.2, 0.25) is 0 Å². The summed E-state index contributed by atoms with van der Waals surface area (Å²) in [5.41, 5.74) is 0.177. The van der Waals surface area contributed by atoms with Crippen LogP contribution in [-0.2, 0) is 9.59 Å². The molecule has 3 heterocycles. The standard InChI is InChI=1S/C33H32FN5O6/c34-27-11-10-23(45-30-25-9-5-4-8-24(25)29(40)35-36-30)20-26(27)32(42)39-18-16-38(17-19-39)31(41)22-12-14-37(15-13-22)28(33(43)44)21-6-2-1-3-7-21/h1-11,20,22,28H,12-19H2,(H,35,40)(H,43,44). The summed E-state index contributed by atoms with van der Waals surface area (Å²) in [7, 11) is 0. The van der Waals surface area contributed by atoms with E-state index >= 15 is 0 Å². The predicted molar refractivity (Wildman–Crippen MR) is 162 cm³/mol. The zero-order valence-electron chi connectivity index (χ0n) is 24.4. The van der Waals surface area contributed by atoms with Gasteiger partial charge in [0.1, 0.15) is 17.6 Å². The average molecular weight is 614 g/mol. The van der Waals surface area contributed by atoms with E-state index in [1.165, 1.54) is 17.0 Å². The number of rotatable bonds is 7. The summed E-state index contributed by atoms with van der Waals surface area (Å²) in [5, 5.41) is 17.1. The molecular weight excluding hydrogens is 581 g/mol. The number of carbonyl (C=O) groups excluding carboxylic acids is 2. The minimum atomic E-state index is -0.915. The lowest BCUT2D eigenvalue weighted by Gasteiger charge is -2.39. The van der Waals surface area contributed by atoms with Gasteiger partial charge in [-0.1, -0.05) is 42.5 Å². The van der Waals surface area contributed by atoms with E-state index in [9.17, 15) is 28.7 Å². The first-order chi connectivity index (χ1) is 21.8. The first-order valence-corrected chi connectivity index (χ1v) is 14.8. The van der Waals surface area contributed by atoms with Crippen LogP contribution in [0.3, 0.4) is 0 Å². The van der Waals surface area contributed by atoms with Crippen molar-refractivity contribution in [3.8, 4) is 11.6 Å². The number of carboxylic acid groups (broad SMARTS) is 1. The van der Waals surface area contributed by atoms with Crippen LogP contribution in [0.4, 0.5) is 4.39 Å². The molecule has 232 valence electrons. The topological polar surface area (TPSA) is 136 Å². The number of likely N-dealkylation sites (tertiary alicyclic amines) is 1. The lowest BCUT2D eigenvalue weighted by molar-refractivity contribution is -0.145. The number of amides is 2. The highest BCUT2D eigenvalue weighted by Gasteiger charge is 2.36. The molecule has 0 bridgehead atoms. The molecule has 2 aliphatic rings. The maximum atomic E-state index is 14.8. The van der Waals surface area contributed by atoms with Crippen molar-refractivity contribution in [1.29, 1.82) is 0 Å². The number of fused-ring (bicyclic) bond motifs is 1. The molecule has 0 radical (unpaired) electrons. The van der Waals surface area contributed by atoms with Gasteiger partial charge in [-0.25, -0.2) is 9.49 Å². The lowest BCUT2D eigenvalue weighted by Crippen LogP contribution is -2.53. The number of piperidine rings is 1. The molecule has 2 amide bonds. The Labute approximate surface area is 257 Å². The molecule has 1 aromatic heterocycles. The van der Waals surface area contributed by atoms with Crippen LogP contribution in [0.15, 0.2) is 77.6 Å². The molecule has 2 saturated heterocycles. The predicted octanol–water partition coefficient (Wildman–Crippen LogP) is 3.68.